The van der Waals surface area contributed by atoms with Crippen LogP contribution in [-0.2, 0) is 4.74 Å². The molecule has 3 aliphatic rings. The van der Waals surface area contributed by atoms with E-state index >= 15 is 0 Å². The van der Waals surface area contributed by atoms with E-state index in [-0.39, 0.29) is 0 Å². The van der Waals surface area contributed by atoms with Gasteiger partial charge in [-0.05, 0) is 24.3 Å². The van der Waals surface area contributed by atoms with Crippen molar-refractivity contribution < 1.29 is 4.74 Å². The lowest BCUT2D eigenvalue weighted by Gasteiger charge is -2.30. The van der Waals surface area contributed by atoms with Gasteiger partial charge in [0, 0.05) is 19.0 Å². The van der Waals surface area contributed by atoms with Crippen LogP contribution in [0.1, 0.15) is 19.8 Å². The number of hydrogen-bond acceptors (Lipinski definition) is 3. The molecule has 0 amide bonds. The van der Waals surface area contributed by atoms with Crippen molar-refractivity contribution in [2.24, 2.45) is 11.8 Å². The molecule has 0 spiro atoms. The lowest BCUT2D eigenvalue weighted by atomic mass is 9.80. The summed E-state index contributed by atoms with van der Waals surface area (Å²) in [5.41, 5.74) is 1.50. The highest BCUT2D eigenvalue weighted by Crippen LogP contribution is 2.35. The van der Waals surface area contributed by atoms with Crippen molar-refractivity contribution in [3.63, 3.8) is 0 Å². The summed E-state index contributed by atoms with van der Waals surface area (Å²) in [6.45, 7) is 5.45. The largest absolute Gasteiger partial charge is 0.373 e. The van der Waals surface area contributed by atoms with Crippen LogP contribution < -0.4 is 10.6 Å². The van der Waals surface area contributed by atoms with E-state index in [1.165, 1.54) is 12.0 Å². The average Bonchev–Trinajstić information content (AvgIpc) is 2.97. The van der Waals surface area contributed by atoms with E-state index in [9.17, 15) is 0 Å². The fraction of sp³-hybridized carbons (Fsp3) is 0.714. The first-order valence-corrected chi connectivity index (χ1v) is 6.80. The van der Waals surface area contributed by atoms with E-state index in [4.69, 9.17) is 4.74 Å². The smallest absolute Gasteiger partial charge is 0.0854 e. The standard InChI is InChI=1S/C14H22N2O/c1-10(9-13-15-6-7-16-13)12-4-2-3-11-5-8-17-14(11)12/h2-4,10,12-16H,5-9H2,1H3. The van der Waals surface area contributed by atoms with E-state index in [1.807, 2.05) is 0 Å². The topological polar surface area (TPSA) is 33.3 Å². The van der Waals surface area contributed by atoms with Crippen molar-refractivity contribution in [2.45, 2.75) is 32.0 Å². The molecule has 3 unspecified atom stereocenters. The molecule has 0 radical (unpaired) electrons. The molecule has 2 heterocycles. The van der Waals surface area contributed by atoms with Gasteiger partial charge >= 0.3 is 0 Å². The summed E-state index contributed by atoms with van der Waals surface area (Å²) in [6, 6.07) is 0. The summed E-state index contributed by atoms with van der Waals surface area (Å²) in [7, 11) is 0. The molecule has 0 aromatic rings. The third-order valence-corrected chi connectivity index (χ3v) is 4.22. The second kappa shape index (κ2) is 4.92. The Morgan fingerprint density at radius 1 is 1.41 bits per heavy atom. The van der Waals surface area contributed by atoms with Crippen LogP contribution in [0.2, 0.25) is 0 Å². The molecule has 0 saturated carbocycles. The van der Waals surface area contributed by atoms with Crippen LogP contribution in [0, 0.1) is 11.8 Å². The lowest BCUT2D eigenvalue weighted by molar-refractivity contribution is 0.0708. The Bertz CT molecular complexity index is 331. The van der Waals surface area contributed by atoms with Crippen LogP contribution in [0.15, 0.2) is 23.8 Å². The van der Waals surface area contributed by atoms with Gasteiger partial charge in [0.25, 0.3) is 0 Å². The maximum absolute atomic E-state index is 5.89. The van der Waals surface area contributed by atoms with Gasteiger partial charge in [-0.15, -0.1) is 0 Å². The second-order valence-electron chi connectivity index (χ2n) is 5.42. The fourth-order valence-corrected chi connectivity index (χ4v) is 3.25. The van der Waals surface area contributed by atoms with Crippen LogP contribution in [-0.4, -0.2) is 32.0 Å². The Morgan fingerprint density at radius 3 is 3.06 bits per heavy atom. The van der Waals surface area contributed by atoms with Gasteiger partial charge in [-0.2, -0.15) is 0 Å². The Hall–Kier alpha value is -0.640. The SMILES string of the molecule is CC(CC1NCCN1)C1C=CC=C2CCOC21. The van der Waals surface area contributed by atoms with Crippen LogP contribution in [0.5, 0.6) is 0 Å². The quantitative estimate of drug-likeness (QED) is 0.775. The molecule has 2 saturated heterocycles. The van der Waals surface area contributed by atoms with Gasteiger partial charge < -0.3 is 15.4 Å². The monoisotopic (exact) mass is 234 g/mol. The van der Waals surface area contributed by atoms with Crippen molar-refractivity contribution in [3.8, 4) is 0 Å². The molecule has 2 aliphatic heterocycles. The van der Waals surface area contributed by atoms with E-state index in [0.29, 0.717) is 24.1 Å². The lowest BCUT2D eigenvalue weighted by Crippen LogP contribution is -2.36. The fourth-order valence-electron chi connectivity index (χ4n) is 3.25. The van der Waals surface area contributed by atoms with Crippen molar-refractivity contribution in [1.82, 2.24) is 10.6 Å². The van der Waals surface area contributed by atoms with Gasteiger partial charge in [-0.1, -0.05) is 25.2 Å². The van der Waals surface area contributed by atoms with Gasteiger partial charge in [0.1, 0.15) is 0 Å². The second-order valence-corrected chi connectivity index (χ2v) is 5.42. The van der Waals surface area contributed by atoms with Crippen LogP contribution >= 0.6 is 0 Å². The van der Waals surface area contributed by atoms with Gasteiger partial charge in [-0.25, -0.2) is 0 Å². The maximum atomic E-state index is 5.89. The number of nitrogens with one attached hydrogen (secondary N) is 2. The minimum atomic E-state index is 0.358. The third kappa shape index (κ3) is 2.32. The highest BCUT2D eigenvalue weighted by atomic mass is 16.5. The summed E-state index contributed by atoms with van der Waals surface area (Å²) >= 11 is 0. The molecule has 0 bridgehead atoms. The van der Waals surface area contributed by atoms with Crippen LogP contribution in [0.4, 0.5) is 0 Å². The maximum Gasteiger partial charge on any atom is 0.0854 e. The molecular weight excluding hydrogens is 212 g/mol. The normalized spacial score (nSPS) is 34.8. The first kappa shape index (κ1) is 11.5. The van der Waals surface area contributed by atoms with Gasteiger partial charge in [0.2, 0.25) is 0 Å². The molecule has 2 fully saturated rings. The Morgan fingerprint density at radius 2 is 2.24 bits per heavy atom. The minimum absolute atomic E-state index is 0.358. The molecule has 3 heteroatoms. The number of hydrogen-bond donors (Lipinski definition) is 2. The molecule has 2 N–H and O–H groups in total. The predicted molar refractivity (Wildman–Crippen MR) is 68.6 cm³/mol. The molecule has 1 aliphatic carbocycles. The molecule has 3 atom stereocenters. The van der Waals surface area contributed by atoms with Crippen molar-refractivity contribution in [3.05, 3.63) is 23.8 Å². The summed E-state index contributed by atoms with van der Waals surface area (Å²) in [4.78, 5) is 0. The van der Waals surface area contributed by atoms with Crippen molar-refractivity contribution in [2.75, 3.05) is 19.7 Å². The van der Waals surface area contributed by atoms with Crippen LogP contribution in [0.3, 0.4) is 0 Å². The highest BCUT2D eigenvalue weighted by Gasteiger charge is 2.34. The van der Waals surface area contributed by atoms with Gasteiger partial charge in [0.05, 0.1) is 18.9 Å². The van der Waals surface area contributed by atoms with Crippen molar-refractivity contribution in [1.29, 1.82) is 0 Å². The van der Waals surface area contributed by atoms with E-state index in [2.05, 4.69) is 35.8 Å². The summed E-state index contributed by atoms with van der Waals surface area (Å²) in [5.74, 6) is 1.21. The summed E-state index contributed by atoms with van der Waals surface area (Å²) in [5, 5.41) is 6.99. The number of fused-ring (bicyclic) bond motifs is 1. The molecule has 94 valence electrons. The first-order valence-electron chi connectivity index (χ1n) is 6.80. The zero-order valence-corrected chi connectivity index (χ0v) is 10.5. The third-order valence-electron chi connectivity index (χ3n) is 4.22. The predicted octanol–water partition coefficient (Wildman–Crippen LogP) is 1.43. The first-order chi connectivity index (χ1) is 8.34. The van der Waals surface area contributed by atoms with Gasteiger partial charge in [-0.3, -0.25) is 0 Å². The molecular formula is C14H22N2O. The molecule has 3 nitrogen and oxygen atoms in total. The summed E-state index contributed by atoms with van der Waals surface area (Å²) < 4.78 is 5.89. The zero-order chi connectivity index (χ0) is 11.7. The van der Waals surface area contributed by atoms with E-state index in [0.717, 1.165) is 26.1 Å². The highest BCUT2D eigenvalue weighted by molar-refractivity contribution is 5.27. The number of rotatable bonds is 3. The number of allylic oxidation sites excluding steroid dienone is 2. The molecule has 0 aromatic heterocycles. The zero-order valence-electron chi connectivity index (χ0n) is 10.5. The Labute approximate surface area is 103 Å². The Kier molecular flexibility index (Phi) is 3.32. The van der Waals surface area contributed by atoms with Crippen LogP contribution in [0.25, 0.3) is 0 Å². The molecule has 3 rings (SSSR count). The average molecular weight is 234 g/mol. The molecule has 17 heavy (non-hydrogen) atoms. The van der Waals surface area contributed by atoms with E-state index in [1.54, 1.807) is 0 Å². The Balaban J connectivity index is 1.63. The molecule has 0 aromatic carbocycles. The van der Waals surface area contributed by atoms with E-state index < -0.39 is 0 Å². The minimum Gasteiger partial charge on any atom is -0.373 e. The van der Waals surface area contributed by atoms with Crippen molar-refractivity contribution >= 4 is 0 Å². The van der Waals surface area contributed by atoms with Gasteiger partial charge in [0.15, 0.2) is 0 Å². The summed E-state index contributed by atoms with van der Waals surface area (Å²) in [6.07, 6.45) is 9.95. The number of ether oxygens (including phenoxy) is 1.